The number of alkyl carbamates (subject to hydrolysis) is 1. The number of carbonyl (C=O) groups excluding carboxylic acids is 2. The lowest BCUT2D eigenvalue weighted by molar-refractivity contribution is -0.149. The molecule has 4 rings (SSSR count). The summed E-state index contributed by atoms with van der Waals surface area (Å²) in [6, 6.07) is 15.7. The standard InChI is InChI=1S/C26H30N2O6/c1-26(15-29,24(31)32)28-23(30)20-12-6-7-13-22(20)27-25(33)34-14-21-18-10-4-2-8-16(18)17-9-3-5-11-19(17)21/h2-5,8-11,20-22,29H,6-7,12-15H2,1H3,(H,27,33)(H,28,30)(H,31,32)/t20-,22+,26?/m1/s1. The van der Waals surface area contributed by atoms with E-state index in [1.165, 1.54) is 6.92 Å². The topological polar surface area (TPSA) is 125 Å². The van der Waals surface area contributed by atoms with E-state index in [1.807, 2.05) is 36.4 Å². The summed E-state index contributed by atoms with van der Waals surface area (Å²) < 4.78 is 5.61. The number of carboxylic acid groups (broad SMARTS) is 1. The Morgan fingerprint density at radius 2 is 1.59 bits per heavy atom. The van der Waals surface area contributed by atoms with Crippen LogP contribution in [0.15, 0.2) is 48.5 Å². The molecule has 2 aliphatic carbocycles. The van der Waals surface area contributed by atoms with Gasteiger partial charge >= 0.3 is 12.1 Å². The van der Waals surface area contributed by atoms with Crippen molar-refractivity contribution in [1.82, 2.24) is 10.6 Å². The third-order valence-electron chi connectivity index (χ3n) is 6.94. The third-order valence-corrected chi connectivity index (χ3v) is 6.94. The number of aliphatic hydroxyl groups excluding tert-OH is 1. The molecule has 8 heteroatoms. The van der Waals surface area contributed by atoms with E-state index in [0.29, 0.717) is 12.8 Å². The van der Waals surface area contributed by atoms with Gasteiger partial charge in [-0.25, -0.2) is 9.59 Å². The average Bonchev–Trinajstić information content (AvgIpc) is 3.16. The summed E-state index contributed by atoms with van der Waals surface area (Å²) in [6.07, 6.45) is 2.14. The Kier molecular flexibility index (Phi) is 6.88. The first-order valence-electron chi connectivity index (χ1n) is 11.6. The highest BCUT2D eigenvalue weighted by Gasteiger charge is 2.39. The molecule has 0 spiro atoms. The number of aliphatic carboxylic acids is 1. The fourth-order valence-corrected chi connectivity index (χ4v) is 4.93. The highest BCUT2D eigenvalue weighted by molar-refractivity contribution is 5.88. The van der Waals surface area contributed by atoms with E-state index in [-0.39, 0.29) is 12.5 Å². The number of aliphatic hydroxyl groups is 1. The molecule has 0 aromatic heterocycles. The Bertz CT molecular complexity index is 1040. The summed E-state index contributed by atoms with van der Waals surface area (Å²) in [7, 11) is 0. The number of ether oxygens (including phenoxy) is 1. The fourth-order valence-electron chi connectivity index (χ4n) is 4.93. The molecule has 0 saturated heterocycles. The van der Waals surface area contributed by atoms with Crippen LogP contribution in [0.25, 0.3) is 11.1 Å². The maximum atomic E-state index is 12.8. The summed E-state index contributed by atoms with van der Waals surface area (Å²) in [4.78, 5) is 37.0. The molecule has 3 atom stereocenters. The molecule has 1 fully saturated rings. The quantitative estimate of drug-likeness (QED) is 0.497. The number of hydrogen-bond acceptors (Lipinski definition) is 5. The Morgan fingerprint density at radius 3 is 2.18 bits per heavy atom. The van der Waals surface area contributed by atoms with E-state index in [4.69, 9.17) is 4.74 Å². The number of amides is 2. The minimum Gasteiger partial charge on any atom is -0.479 e. The fraction of sp³-hybridized carbons (Fsp3) is 0.423. The lowest BCUT2D eigenvalue weighted by atomic mass is 9.83. The van der Waals surface area contributed by atoms with Gasteiger partial charge in [-0.3, -0.25) is 4.79 Å². The van der Waals surface area contributed by atoms with Crippen LogP contribution in [-0.2, 0) is 14.3 Å². The average molecular weight is 467 g/mol. The highest BCUT2D eigenvalue weighted by atomic mass is 16.5. The molecular formula is C26H30N2O6. The first kappa shape index (κ1) is 23.8. The molecule has 8 nitrogen and oxygen atoms in total. The van der Waals surface area contributed by atoms with Crippen molar-refractivity contribution in [3.8, 4) is 11.1 Å². The van der Waals surface area contributed by atoms with Gasteiger partial charge in [-0.15, -0.1) is 0 Å². The number of benzene rings is 2. The molecule has 180 valence electrons. The molecule has 1 saturated carbocycles. The van der Waals surface area contributed by atoms with Gasteiger partial charge in [0.25, 0.3) is 0 Å². The summed E-state index contributed by atoms with van der Waals surface area (Å²) in [6.45, 7) is 0.695. The number of carboxylic acids is 1. The summed E-state index contributed by atoms with van der Waals surface area (Å²) in [5, 5.41) is 24.0. The molecule has 34 heavy (non-hydrogen) atoms. The van der Waals surface area contributed by atoms with Crippen molar-refractivity contribution in [2.45, 2.75) is 50.1 Å². The van der Waals surface area contributed by atoms with Crippen molar-refractivity contribution in [2.24, 2.45) is 5.92 Å². The van der Waals surface area contributed by atoms with Crippen LogP contribution in [0.5, 0.6) is 0 Å². The number of nitrogens with one attached hydrogen (secondary N) is 2. The maximum Gasteiger partial charge on any atom is 0.407 e. The number of rotatable bonds is 7. The molecule has 0 aliphatic heterocycles. The Hall–Kier alpha value is -3.39. The van der Waals surface area contributed by atoms with Crippen LogP contribution in [0.4, 0.5) is 4.79 Å². The Balaban J connectivity index is 1.40. The SMILES string of the molecule is CC(CO)(NC(=O)[C@@H]1CCCC[C@@H]1NC(=O)OCC1c2ccccc2-c2ccccc21)C(=O)O. The maximum absolute atomic E-state index is 12.8. The molecule has 2 aromatic rings. The van der Waals surface area contributed by atoms with E-state index in [2.05, 4.69) is 22.8 Å². The van der Waals surface area contributed by atoms with Gasteiger partial charge < -0.3 is 25.6 Å². The molecule has 0 heterocycles. The highest BCUT2D eigenvalue weighted by Crippen LogP contribution is 2.44. The zero-order chi connectivity index (χ0) is 24.3. The first-order valence-corrected chi connectivity index (χ1v) is 11.6. The van der Waals surface area contributed by atoms with E-state index in [1.54, 1.807) is 0 Å². The number of carbonyl (C=O) groups is 3. The van der Waals surface area contributed by atoms with Gasteiger partial charge in [-0.1, -0.05) is 61.4 Å². The van der Waals surface area contributed by atoms with E-state index >= 15 is 0 Å². The van der Waals surface area contributed by atoms with Crippen molar-refractivity contribution in [3.63, 3.8) is 0 Å². The minimum absolute atomic E-state index is 0.0653. The van der Waals surface area contributed by atoms with Crippen molar-refractivity contribution in [2.75, 3.05) is 13.2 Å². The van der Waals surface area contributed by atoms with E-state index in [9.17, 15) is 24.6 Å². The van der Waals surface area contributed by atoms with Crippen LogP contribution in [0, 0.1) is 5.92 Å². The van der Waals surface area contributed by atoms with Crippen molar-refractivity contribution in [3.05, 3.63) is 59.7 Å². The molecule has 1 unspecified atom stereocenters. The third kappa shape index (κ3) is 4.63. The largest absolute Gasteiger partial charge is 0.479 e. The molecule has 2 aromatic carbocycles. The predicted molar refractivity (Wildman–Crippen MR) is 125 cm³/mol. The lowest BCUT2D eigenvalue weighted by Gasteiger charge is -2.33. The second-order valence-corrected chi connectivity index (χ2v) is 9.25. The number of fused-ring (bicyclic) bond motifs is 3. The molecule has 4 N–H and O–H groups in total. The summed E-state index contributed by atoms with van der Waals surface area (Å²) >= 11 is 0. The van der Waals surface area contributed by atoms with Crippen molar-refractivity contribution in [1.29, 1.82) is 0 Å². The van der Waals surface area contributed by atoms with Crippen LogP contribution in [0.1, 0.15) is 49.7 Å². The molecule has 0 bridgehead atoms. The summed E-state index contributed by atoms with van der Waals surface area (Å²) in [5.41, 5.74) is 2.73. The first-order chi connectivity index (χ1) is 16.3. The number of hydrogen-bond donors (Lipinski definition) is 4. The van der Waals surface area contributed by atoms with Crippen LogP contribution < -0.4 is 10.6 Å². The lowest BCUT2D eigenvalue weighted by Crippen LogP contribution is -2.59. The molecule has 2 aliphatic rings. The second-order valence-electron chi connectivity index (χ2n) is 9.25. The Morgan fingerprint density at radius 1 is 1.00 bits per heavy atom. The zero-order valence-electron chi connectivity index (χ0n) is 19.1. The van der Waals surface area contributed by atoms with Crippen LogP contribution >= 0.6 is 0 Å². The van der Waals surface area contributed by atoms with Gasteiger partial charge in [0.2, 0.25) is 5.91 Å². The van der Waals surface area contributed by atoms with Crippen LogP contribution in [0.3, 0.4) is 0 Å². The minimum atomic E-state index is -1.77. The van der Waals surface area contributed by atoms with Gasteiger partial charge in [-0.2, -0.15) is 0 Å². The van der Waals surface area contributed by atoms with Gasteiger partial charge in [0, 0.05) is 12.0 Å². The molecular weight excluding hydrogens is 436 g/mol. The normalized spacial score (nSPS) is 21.0. The van der Waals surface area contributed by atoms with E-state index in [0.717, 1.165) is 35.1 Å². The predicted octanol–water partition coefficient (Wildman–Crippen LogP) is 3.04. The van der Waals surface area contributed by atoms with Crippen LogP contribution in [0.2, 0.25) is 0 Å². The smallest absolute Gasteiger partial charge is 0.407 e. The Labute approximate surface area is 198 Å². The van der Waals surface area contributed by atoms with Gasteiger partial charge in [0.15, 0.2) is 5.54 Å². The van der Waals surface area contributed by atoms with Crippen molar-refractivity contribution < 1.29 is 29.3 Å². The summed E-state index contributed by atoms with van der Waals surface area (Å²) in [5.74, 6) is -2.48. The van der Waals surface area contributed by atoms with Crippen molar-refractivity contribution >= 4 is 18.0 Å². The molecule has 2 amide bonds. The monoisotopic (exact) mass is 466 g/mol. The van der Waals surface area contributed by atoms with E-state index < -0.39 is 42.1 Å². The molecule has 0 radical (unpaired) electrons. The van der Waals surface area contributed by atoms with Gasteiger partial charge in [0.1, 0.15) is 6.61 Å². The second kappa shape index (κ2) is 9.85. The van der Waals surface area contributed by atoms with Gasteiger partial charge in [-0.05, 0) is 42.0 Å². The zero-order valence-corrected chi connectivity index (χ0v) is 19.1. The van der Waals surface area contributed by atoms with Gasteiger partial charge in [0.05, 0.1) is 12.5 Å². The van der Waals surface area contributed by atoms with Crippen LogP contribution in [-0.4, -0.2) is 53.0 Å².